The monoisotopic (exact) mass is 294 g/mol. The van der Waals surface area contributed by atoms with Crippen LogP contribution in [-0.4, -0.2) is 15.0 Å². The standard InChI is InChI=1S/C14H15FN2O2S/c15-12-7-5-11(6-8-12)9-10-17-13-3-1-2-4-14(13)20(16,18)19/h1-8,17H,9-10H2,(H2,16,18,19). The predicted molar refractivity (Wildman–Crippen MR) is 76.4 cm³/mol. The van der Waals surface area contributed by atoms with Gasteiger partial charge in [-0.15, -0.1) is 0 Å². The number of hydrogen-bond acceptors (Lipinski definition) is 3. The first-order valence-corrected chi connectivity index (χ1v) is 7.61. The molecule has 0 fully saturated rings. The Balaban J connectivity index is 2.03. The molecule has 0 atom stereocenters. The molecule has 0 aliphatic heterocycles. The van der Waals surface area contributed by atoms with Crippen molar-refractivity contribution in [2.45, 2.75) is 11.3 Å². The number of primary sulfonamides is 1. The Morgan fingerprint density at radius 1 is 1.05 bits per heavy atom. The van der Waals surface area contributed by atoms with E-state index in [9.17, 15) is 12.8 Å². The van der Waals surface area contributed by atoms with Gasteiger partial charge in [0.1, 0.15) is 10.7 Å². The van der Waals surface area contributed by atoms with Gasteiger partial charge in [-0.1, -0.05) is 24.3 Å². The quantitative estimate of drug-likeness (QED) is 0.887. The van der Waals surface area contributed by atoms with E-state index in [1.54, 1.807) is 30.3 Å². The fraction of sp³-hybridized carbons (Fsp3) is 0.143. The molecular formula is C14H15FN2O2S. The van der Waals surface area contributed by atoms with Gasteiger partial charge in [0, 0.05) is 6.54 Å². The fourth-order valence-corrected chi connectivity index (χ4v) is 2.57. The normalized spacial score (nSPS) is 11.3. The lowest BCUT2D eigenvalue weighted by Gasteiger charge is -2.10. The molecule has 2 rings (SSSR count). The predicted octanol–water partition coefficient (Wildman–Crippen LogP) is 2.13. The molecular weight excluding hydrogens is 279 g/mol. The second-order valence-electron chi connectivity index (χ2n) is 4.34. The van der Waals surface area contributed by atoms with Crippen molar-refractivity contribution in [1.29, 1.82) is 0 Å². The molecule has 2 aromatic rings. The lowest BCUT2D eigenvalue weighted by Crippen LogP contribution is -2.15. The van der Waals surface area contributed by atoms with E-state index in [1.165, 1.54) is 18.2 Å². The maximum absolute atomic E-state index is 12.8. The third-order valence-electron chi connectivity index (χ3n) is 2.84. The molecule has 0 bridgehead atoms. The van der Waals surface area contributed by atoms with Crippen molar-refractivity contribution >= 4 is 15.7 Å². The van der Waals surface area contributed by atoms with Gasteiger partial charge in [-0.05, 0) is 36.2 Å². The summed E-state index contributed by atoms with van der Waals surface area (Å²) in [5.74, 6) is -0.277. The number of nitrogens with one attached hydrogen (secondary N) is 1. The molecule has 0 saturated heterocycles. The van der Waals surface area contributed by atoms with Crippen molar-refractivity contribution in [3.8, 4) is 0 Å². The van der Waals surface area contributed by atoms with E-state index in [4.69, 9.17) is 5.14 Å². The van der Waals surface area contributed by atoms with E-state index in [0.29, 0.717) is 18.7 Å². The first kappa shape index (κ1) is 14.5. The van der Waals surface area contributed by atoms with E-state index < -0.39 is 10.0 Å². The van der Waals surface area contributed by atoms with Crippen LogP contribution in [0.3, 0.4) is 0 Å². The molecule has 6 heteroatoms. The van der Waals surface area contributed by atoms with E-state index in [2.05, 4.69) is 5.32 Å². The van der Waals surface area contributed by atoms with E-state index in [1.807, 2.05) is 0 Å². The minimum absolute atomic E-state index is 0.0686. The first-order valence-electron chi connectivity index (χ1n) is 6.07. The summed E-state index contributed by atoms with van der Waals surface area (Å²) < 4.78 is 35.6. The molecule has 3 N–H and O–H groups in total. The third kappa shape index (κ3) is 3.79. The number of para-hydroxylation sites is 1. The van der Waals surface area contributed by atoms with Crippen LogP contribution in [0.5, 0.6) is 0 Å². The Kier molecular flexibility index (Phi) is 4.36. The Morgan fingerprint density at radius 2 is 1.70 bits per heavy atom. The van der Waals surface area contributed by atoms with Crippen LogP contribution in [0.1, 0.15) is 5.56 Å². The van der Waals surface area contributed by atoms with Crippen molar-refractivity contribution < 1.29 is 12.8 Å². The summed E-state index contributed by atoms with van der Waals surface area (Å²) in [5.41, 5.74) is 1.43. The van der Waals surface area contributed by atoms with Gasteiger partial charge in [-0.3, -0.25) is 0 Å². The Morgan fingerprint density at radius 3 is 2.35 bits per heavy atom. The highest BCUT2D eigenvalue weighted by Crippen LogP contribution is 2.19. The molecule has 0 aliphatic carbocycles. The first-order chi connectivity index (χ1) is 9.47. The number of rotatable bonds is 5. The molecule has 0 saturated carbocycles. The minimum atomic E-state index is -3.75. The van der Waals surface area contributed by atoms with Crippen LogP contribution in [0.15, 0.2) is 53.4 Å². The third-order valence-corrected chi connectivity index (χ3v) is 3.81. The van der Waals surface area contributed by atoms with Gasteiger partial charge in [-0.2, -0.15) is 0 Å². The van der Waals surface area contributed by atoms with Crippen molar-refractivity contribution in [2.24, 2.45) is 5.14 Å². The lowest BCUT2D eigenvalue weighted by atomic mass is 10.1. The highest BCUT2D eigenvalue weighted by molar-refractivity contribution is 7.89. The number of anilines is 1. The van der Waals surface area contributed by atoms with E-state index in [0.717, 1.165) is 5.56 Å². The molecule has 0 unspecified atom stereocenters. The highest BCUT2D eigenvalue weighted by atomic mass is 32.2. The van der Waals surface area contributed by atoms with Crippen molar-refractivity contribution in [3.63, 3.8) is 0 Å². The Labute approximate surface area is 117 Å². The molecule has 106 valence electrons. The summed E-state index contributed by atoms with van der Waals surface area (Å²) in [6.07, 6.45) is 0.652. The summed E-state index contributed by atoms with van der Waals surface area (Å²) in [5, 5.41) is 8.18. The van der Waals surface area contributed by atoms with Crippen molar-refractivity contribution in [2.75, 3.05) is 11.9 Å². The summed E-state index contributed by atoms with van der Waals surface area (Å²) in [6, 6.07) is 12.6. The number of halogens is 1. The number of nitrogens with two attached hydrogens (primary N) is 1. The topological polar surface area (TPSA) is 72.2 Å². The van der Waals surface area contributed by atoms with E-state index in [-0.39, 0.29) is 10.7 Å². The molecule has 2 aromatic carbocycles. The van der Waals surface area contributed by atoms with Gasteiger partial charge >= 0.3 is 0 Å². The van der Waals surface area contributed by atoms with Crippen LogP contribution in [0, 0.1) is 5.82 Å². The number of benzene rings is 2. The summed E-state index contributed by atoms with van der Waals surface area (Å²) in [4.78, 5) is 0.0686. The number of sulfonamides is 1. The van der Waals surface area contributed by atoms with Crippen LogP contribution >= 0.6 is 0 Å². The summed E-state index contributed by atoms with van der Waals surface area (Å²) in [6.45, 7) is 0.526. The maximum atomic E-state index is 12.8. The zero-order valence-electron chi connectivity index (χ0n) is 10.7. The molecule has 0 aliphatic rings. The molecule has 4 nitrogen and oxygen atoms in total. The molecule has 0 spiro atoms. The van der Waals surface area contributed by atoms with Crippen molar-refractivity contribution in [3.05, 3.63) is 59.9 Å². The SMILES string of the molecule is NS(=O)(=O)c1ccccc1NCCc1ccc(F)cc1. The van der Waals surface area contributed by atoms with E-state index >= 15 is 0 Å². The zero-order chi connectivity index (χ0) is 14.6. The largest absolute Gasteiger partial charge is 0.384 e. The van der Waals surface area contributed by atoms with Crippen LogP contribution in [-0.2, 0) is 16.4 Å². The molecule has 0 heterocycles. The molecule has 0 aromatic heterocycles. The smallest absolute Gasteiger partial charge is 0.240 e. The van der Waals surface area contributed by atoms with Crippen LogP contribution < -0.4 is 10.5 Å². The van der Waals surface area contributed by atoms with Crippen LogP contribution in [0.25, 0.3) is 0 Å². The average molecular weight is 294 g/mol. The Bertz CT molecular complexity index is 685. The van der Waals surface area contributed by atoms with Crippen molar-refractivity contribution in [1.82, 2.24) is 0 Å². The molecule has 0 amide bonds. The minimum Gasteiger partial charge on any atom is -0.384 e. The zero-order valence-corrected chi connectivity index (χ0v) is 11.5. The van der Waals surface area contributed by atoms with Gasteiger partial charge in [0.15, 0.2) is 0 Å². The van der Waals surface area contributed by atoms with Crippen LogP contribution in [0.2, 0.25) is 0 Å². The van der Waals surface area contributed by atoms with Gasteiger partial charge in [0.25, 0.3) is 0 Å². The van der Waals surface area contributed by atoms with Gasteiger partial charge in [0.05, 0.1) is 5.69 Å². The van der Waals surface area contributed by atoms with Gasteiger partial charge in [-0.25, -0.2) is 17.9 Å². The maximum Gasteiger partial charge on any atom is 0.240 e. The number of hydrogen-bond donors (Lipinski definition) is 2. The lowest BCUT2D eigenvalue weighted by molar-refractivity contribution is 0.598. The highest BCUT2D eigenvalue weighted by Gasteiger charge is 2.12. The molecule has 20 heavy (non-hydrogen) atoms. The summed E-state index contributed by atoms with van der Waals surface area (Å²) >= 11 is 0. The van der Waals surface area contributed by atoms with Gasteiger partial charge < -0.3 is 5.32 Å². The fourth-order valence-electron chi connectivity index (χ4n) is 1.85. The second-order valence-corrected chi connectivity index (χ2v) is 5.87. The molecule has 0 radical (unpaired) electrons. The van der Waals surface area contributed by atoms with Gasteiger partial charge in [0.2, 0.25) is 10.0 Å². The Hall–Kier alpha value is -1.92. The summed E-state index contributed by atoms with van der Waals surface area (Å²) in [7, 11) is -3.75. The second kappa shape index (κ2) is 6.02. The van der Waals surface area contributed by atoms with Crippen LogP contribution in [0.4, 0.5) is 10.1 Å². The average Bonchev–Trinajstić information content (AvgIpc) is 2.40.